The summed E-state index contributed by atoms with van der Waals surface area (Å²) >= 11 is 6.30. The standard InChI is InChI=1S/C33H32ClN5O5/c1-19-15-24-25(34)7-6-23(31(24)44-19)32(40)37-29-4-2-3-26(35-29)20-9-12-38(13-10-20)18-30-36-27-8-5-21(33(41)42)16-28(27)39(30)17-22-11-14-43-22/h2-8,15-16,20,22H,9-14,17-18H2,1H3,(H,41,42)(H,35,37,40). The van der Waals surface area contributed by atoms with Crippen molar-refractivity contribution in [3.63, 3.8) is 0 Å². The van der Waals surface area contributed by atoms with E-state index in [1.807, 2.05) is 25.1 Å². The van der Waals surface area contributed by atoms with Crippen LogP contribution in [0.2, 0.25) is 5.02 Å². The Morgan fingerprint density at radius 2 is 1.89 bits per heavy atom. The number of carboxylic acids is 1. The summed E-state index contributed by atoms with van der Waals surface area (Å²) in [4.78, 5) is 36.9. The molecule has 2 N–H and O–H groups in total. The van der Waals surface area contributed by atoms with E-state index in [1.54, 1.807) is 36.4 Å². The minimum Gasteiger partial charge on any atom is -0.478 e. The maximum absolute atomic E-state index is 13.2. The van der Waals surface area contributed by atoms with Crippen molar-refractivity contribution in [3.8, 4) is 0 Å². The number of ether oxygens (including phenoxy) is 1. The number of carboxylic acid groups (broad SMARTS) is 1. The second-order valence-corrected chi connectivity index (χ2v) is 12.0. The lowest BCUT2D eigenvalue weighted by molar-refractivity contribution is -0.0592. The Labute approximate surface area is 258 Å². The lowest BCUT2D eigenvalue weighted by Gasteiger charge is -2.32. The third kappa shape index (κ3) is 5.56. The number of carbonyl (C=O) groups excluding carboxylic acids is 1. The maximum atomic E-state index is 13.2. The number of pyridine rings is 1. The molecule has 3 aromatic heterocycles. The van der Waals surface area contributed by atoms with Crippen molar-refractivity contribution in [1.82, 2.24) is 19.4 Å². The number of furan rings is 1. The van der Waals surface area contributed by atoms with Crippen molar-refractivity contribution in [3.05, 3.63) is 88.0 Å². The average Bonchev–Trinajstić information content (AvgIpc) is 3.55. The number of nitrogens with zero attached hydrogens (tertiary/aromatic N) is 4. The first-order valence-electron chi connectivity index (χ1n) is 14.9. The number of aryl methyl sites for hydroxylation is 1. The molecule has 0 radical (unpaired) electrons. The summed E-state index contributed by atoms with van der Waals surface area (Å²) in [6.45, 7) is 5.65. The minimum atomic E-state index is -0.949. The molecule has 1 amide bonds. The number of aromatic carboxylic acids is 1. The predicted octanol–water partition coefficient (Wildman–Crippen LogP) is 6.26. The summed E-state index contributed by atoms with van der Waals surface area (Å²) in [7, 11) is 0. The quantitative estimate of drug-likeness (QED) is 0.210. The number of benzene rings is 2. The number of halogens is 1. The third-order valence-corrected chi connectivity index (χ3v) is 8.96. The molecule has 10 nitrogen and oxygen atoms in total. The van der Waals surface area contributed by atoms with Crippen molar-refractivity contribution >= 4 is 51.3 Å². The van der Waals surface area contributed by atoms with E-state index in [1.165, 1.54) is 0 Å². The Morgan fingerprint density at radius 3 is 2.64 bits per heavy atom. The molecule has 44 heavy (non-hydrogen) atoms. The fourth-order valence-electron chi connectivity index (χ4n) is 6.17. The van der Waals surface area contributed by atoms with Gasteiger partial charge in [-0.05, 0) is 87.8 Å². The molecule has 2 aliphatic heterocycles. The number of hydrogen-bond acceptors (Lipinski definition) is 7. The number of aromatic nitrogens is 3. The first kappa shape index (κ1) is 28.5. The van der Waals surface area contributed by atoms with E-state index in [0.717, 1.165) is 61.5 Å². The molecule has 0 spiro atoms. The molecule has 1 unspecified atom stereocenters. The summed E-state index contributed by atoms with van der Waals surface area (Å²) in [5, 5.41) is 13.7. The van der Waals surface area contributed by atoms with Gasteiger partial charge in [0, 0.05) is 23.6 Å². The SMILES string of the molecule is Cc1cc2c(Cl)ccc(C(=O)Nc3cccc(C4CCN(Cc5nc6ccc(C(=O)O)cc6n5CC5CCO5)CC4)n3)c2o1. The minimum absolute atomic E-state index is 0.123. The molecule has 1 atom stereocenters. The molecule has 5 heterocycles. The lowest BCUT2D eigenvalue weighted by Crippen LogP contribution is -2.35. The molecule has 2 saturated heterocycles. The molecule has 226 valence electrons. The average molecular weight is 614 g/mol. The number of fused-ring (bicyclic) bond motifs is 2. The van der Waals surface area contributed by atoms with Gasteiger partial charge in [-0.3, -0.25) is 9.69 Å². The van der Waals surface area contributed by atoms with Gasteiger partial charge < -0.3 is 24.1 Å². The molecule has 0 bridgehead atoms. The van der Waals surface area contributed by atoms with E-state index in [0.29, 0.717) is 46.2 Å². The number of hydrogen-bond donors (Lipinski definition) is 2. The van der Waals surface area contributed by atoms with Crippen LogP contribution in [-0.2, 0) is 17.8 Å². The highest BCUT2D eigenvalue weighted by atomic mass is 35.5. The monoisotopic (exact) mass is 613 g/mol. The van der Waals surface area contributed by atoms with Gasteiger partial charge in [0.15, 0.2) is 0 Å². The number of carbonyl (C=O) groups is 2. The van der Waals surface area contributed by atoms with Crippen molar-refractivity contribution in [2.45, 2.75) is 51.3 Å². The van der Waals surface area contributed by atoms with Crippen LogP contribution in [0, 0.1) is 6.92 Å². The Morgan fingerprint density at radius 1 is 1.07 bits per heavy atom. The van der Waals surface area contributed by atoms with Crippen molar-refractivity contribution < 1.29 is 23.8 Å². The number of piperidine rings is 1. The zero-order valence-electron chi connectivity index (χ0n) is 24.3. The van der Waals surface area contributed by atoms with Crippen LogP contribution in [0.15, 0.2) is 59.0 Å². The first-order valence-corrected chi connectivity index (χ1v) is 15.2. The number of likely N-dealkylation sites (tertiary alicyclic amines) is 1. The Kier molecular flexibility index (Phi) is 7.57. The first-order chi connectivity index (χ1) is 21.3. The number of nitrogens with one attached hydrogen (secondary N) is 1. The highest BCUT2D eigenvalue weighted by Crippen LogP contribution is 2.32. The van der Waals surface area contributed by atoms with Crippen LogP contribution >= 0.6 is 11.6 Å². The van der Waals surface area contributed by atoms with Gasteiger partial charge in [0.05, 0.1) is 46.4 Å². The Hall–Kier alpha value is -4.25. The van der Waals surface area contributed by atoms with Crippen LogP contribution in [0.4, 0.5) is 5.82 Å². The zero-order valence-corrected chi connectivity index (χ0v) is 25.0. The van der Waals surface area contributed by atoms with Gasteiger partial charge in [0.25, 0.3) is 5.91 Å². The summed E-state index contributed by atoms with van der Waals surface area (Å²) in [6, 6.07) is 16.0. The highest BCUT2D eigenvalue weighted by molar-refractivity contribution is 6.36. The van der Waals surface area contributed by atoms with Crippen molar-refractivity contribution in [1.29, 1.82) is 0 Å². The molecule has 2 fully saturated rings. The lowest BCUT2D eigenvalue weighted by atomic mass is 9.93. The van der Waals surface area contributed by atoms with E-state index in [4.69, 9.17) is 30.7 Å². The van der Waals surface area contributed by atoms with Crippen LogP contribution in [0.5, 0.6) is 0 Å². The fraction of sp³-hybridized carbons (Fsp3) is 0.333. The van der Waals surface area contributed by atoms with Gasteiger partial charge in [0.1, 0.15) is 23.0 Å². The molecule has 11 heteroatoms. The van der Waals surface area contributed by atoms with Crippen LogP contribution in [-0.4, -0.2) is 62.2 Å². The number of amides is 1. The topological polar surface area (TPSA) is 123 Å². The van der Waals surface area contributed by atoms with E-state index in [2.05, 4.69) is 14.8 Å². The fourth-order valence-corrected chi connectivity index (χ4v) is 6.38. The zero-order chi connectivity index (χ0) is 30.4. The summed E-state index contributed by atoms with van der Waals surface area (Å²) in [5.41, 5.74) is 3.70. The largest absolute Gasteiger partial charge is 0.478 e. The van der Waals surface area contributed by atoms with E-state index < -0.39 is 5.97 Å². The van der Waals surface area contributed by atoms with Gasteiger partial charge in [0.2, 0.25) is 0 Å². The van der Waals surface area contributed by atoms with Crippen molar-refractivity contribution in [2.75, 3.05) is 25.0 Å². The van der Waals surface area contributed by atoms with Crippen molar-refractivity contribution in [2.24, 2.45) is 0 Å². The summed E-state index contributed by atoms with van der Waals surface area (Å²) in [6.07, 6.45) is 2.95. The molecule has 0 saturated carbocycles. The van der Waals surface area contributed by atoms with Crippen LogP contribution in [0.3, 0.4) is 0 Å². The molecule has 0 aliphatic carbocycles. The summed E-state index contributed by atoms with van der Waals surface area (Å²) in [5.74, 6) is 1.11. The van der Waals surface area contributed by atoms with Crippen LogP contribution < -0.4 is 5.32 Å². The van der Waals surface area contributed by atoms with Crippen LogP contribution in [0.1, 0.15) is 63.2 Å². The van der Waals surface area contributed by atoms with Gasteiger partial charge in [-0.2, -0.15) is 0 Å². The smallest absolute Gasteiger partial charge is 0.335 e. The van der Waals surface area contributed by atoms with E-state index in [9.17, 15) is 14.7 Å². The second kappa shape index (κ2) is 11.7. The number of anilines is 1. The van der Waals surface area contributed by atoms with Crippen LogP contribution in [0.25, 0.3) is 22.0 Å². The van der Waals surface area contributed by atoms with E-state index >= 15 is 0 Å². The molecule has 5 aromatic rings. The number of rotatable bonds is 8. The van der Waals surface area contributed by atoms with Gasteiger partial charge in [-0.25, -0.2) is 14.8 Å². The van der Waals surface area contributed by atoms with Gasteiger partial charge in [-0.1, -0.05) is 17.7 Å². The summed E-state index contributed by atoms with van der Waals surface area (Å²) < 4.78 is 13.6. The Balaban J connectivity index is 1.03. The molecule has 2 aromatic carbocycles. The predicted molar refractivity (Wildman–Crippen MR) is 166 cm³/mol. The highest BCUT2D eigenvalue weighted by Gasteiger charge is 2.26. The maximum Gasteiger partial charge on any atom is 0.335 e. The van der Waals surface area contributed by atoms with Gasteiger partial charge in [-0.15, -0.1) is 0 Å². The normalized spacial score (nSPS) is 17.6. The molecule has 2 aliphatic rings. The third-order valence-electron chi connectivity index (χ3n) is 8.64. The Bertz CT molecular complexity index is 1890. The van der Waals surface area contributed by atoms with E-state index in [-0.39, 0.29) is 23.5 Å². The molecular formula is C33H32ClN5O5. The number of imidazole rings is 1. The molecule has 7 rings (SSSR count). The van der Waals surface area contributed by atoms with Gasteiger partial charge >= 0.3 is 5.97 Å². The second-order valence-electron chi connectivity index (χ2n) is 11.6. The molecular weight excluding hydrogens is 582 g/mol.